The second kappa shape index (κ2) is 6.29. The van der Waals surface area contributed by atoms with E-state index in [1.54, 1.807) is 24.3 Å². The maximum Gasteiger partial charge on any atom is 0.269 e. The van der Waals surface area contributed by atoms with Crippen LogP contribution in [0, 0.1) is 20.2 Å². The summed E-state index contributed by atoms with van der Waals surface area (Å²) < 4.78 is 0. The van der Waals surface area contributed by atoms with Crippen LogP contribution in [0.2, 0.25) is 0 Å². The van der Waals surface area contributed by atoms with Crippen LogP contribution in [0.3, 0.4) is 0 Å². The fourth-order valence-corrected chi connectivity index (χ4v) is 2.41. The molecule has 6 heteroatoms. The predicted molar refractivity (Wildman–Crippen MR) is 90.6 cm³/mol. The summed E-state index contributed by atoms with van der Waals surface area (Å²) in [5.41, 5.74) is 3.76. The fourth-order valence-electron chi connectivity index (χ4n) is 2.41. The summed E-state index contributed by atoms with van der Waals surface area (Å²) in [5, 5.41) is 21.4. The third kappa shape index (κ3) is 3.12. The summed E-state index contributed by atoms with van der Waals surface area (Å²) in [4.78, 5) is 20.5. The van der Waals surface area contributed by atoms with Gasteiger partial charge in [0.15, 0.2) is 0 Å². The minimum atomic E-state index is -0.429. The zero-order chi connectivity index (χ0) is 17.1. The van der Waals surface area contributed by atoms with Crippen LogP contribution in [-0.4, -0.2) is 9.85 Å². The lowest BCUT2D eigenvalue weighted by molar-refractivity contribution is -0.385. The standard InChI is InChI=1S/C18H12N2O4/c21-19(22)17-9-5-15(6-10-17)13-1-2-14(4-3-13)16-7-11-18(12-8-16)20(23)24/h1-12H. The highest BCUT2D eigenvalue weighted by molar-refractivity contribution is 5.71. The van der Waals surface area contributed by atoms with E-state index in [0.29, 0.717) is 0 Å². The van der Waals surface area contributed by atoms with Crippen LogP contribution in [0.1, 0.15) is 0 Å². The van der Waals surface area contributed by atoms with Gasteiger partial charge in [0, 0.05) is 24.3 Å². The van der Waals surface area contributed by atoms with E-state index < -0.39 is 9.85 Å². The van der Waals surface area contributed by atoms with Gasteiger partial charge in [-0.25, -0.2) is 0 Å². The van der Waals surface area contributed by atoms with E-state index >= 15 is 0 Å². The third-order valence-corrected chi connectivity index (χ3v) is 3.71. The van der Waals surface area contributed by atoms with Crippen molar-refractivity contribution in [1.29, 1.82) is 0 Å². The van der Waals surface area contributed by atoms with Crippen LogP contribution in [-0.2, 0) is 0 Å². The molecule has 0 aliphatic rings. The molecule has 3 aromatic rings. The molecule has 0 aliphatic heterocycles. The number of nitrogens with zero attached hydrogens (tertiary/aromatic N) is 2. The Bertz CT molecular complexity index is 809. The molecule has 0 aliphatic carbocycles. The van der Waals surface area contributed by atoms with Gasteiger partial charge in [-0.3, -0.25) is 20.2 Å². The SMILES string of the molecule is O=[N+]([O-])c1ccc(-c2ccc(-c3ccc([N+](=O)[O-])cc3)cc2)cc1. The first kappa shape index (κ1) is 15.4. The topological polar surface area (TPSA) is 86.3 Å². The van der Waals surface area contributed by atoms with Crippen molar-refractivity contribution in [3.63, 3.8) is 0 Å². The maximum absolute atomic E-state index is 10.7. The van der Waals surface area contributed by atoms with Gasteiger partial charge in [0.1, 0.15) is 0 Å². The van der Waals surface area contributed by atoms with E-state index in [1.165, 1.54) is 24.3 Å². The number of benzene rings is 3. The van der Waals surface area contributed by atoms with E-state index in [1.807, 2.05) is 24.3 Å². The molecule has 0 fully saturated rings. The number of nitro groups is 2. The number of non-ortho nitro benzene ring substituents is 2. The monoisotopic (exact) mass is 320 g/mol. The molecular weight excluding hydrogens is 308 g/mol. The van der Waals surface area contributed by atoms with Crippen molar-refractivity contribution in [3.8, 4) is 22.3 Å². The lowest BCUT2D eigenvalue weighted by atomic mass is 10.00. The van der Waals surface area contributed by atoms with E-state index in [-0.39, 0.29) is 11.4 Å². The number of hydrogen-bond donors (Lipinski definition) is 0. The van der Waals surface area contributed by atoms with Crippen LogP contribution in [0.15, 0.2) is 72.8 Å². The number of hydrogen-bond acceptors (Lipinski definition) is 4. The van der Waals surface area contributed by atoms with Gasteiger partial charge in [-0.1, -0.05) is 24.3 Å². The molecule has 118 valence electrons. The van der Waals surface area contributed by atoms with Crippen molar-refractivity contribution in [1.82, 2.24) is 0 Å². The average Bonchev–Trinajstić information content (AvgIpc) is 2.62. The van der Waals surface area contributed by atoms with Crippen LogP contribution < -0.4 is 0 Å². The van der Waals surface area contributed by atoms with Gasteiger partial charge < -0.3 is 0 Å². The van der Waals surface area contributed by atoms with E-state index in [4.69, 9.17) is 0 Å². The summed E-state index contributed by atoms with van der Waals surface area (Å²) in [7, 11) is 0. The number of rotatable bonds is 4. The predicted octanol–water partition coefficient (Wildman–Crippen LogP) is 4.84. The van der Waals surface area contributed by atoms with E-state index in [2.05, 4.69) is 0 Å². The van der Waals surface area contributed by atoms with Crippen molar-refractivity contribution >= 4 is 11.4 Å². The van der Waals surface area contributed by atoms with Crippen molar-refractivity contribution in [2.24, 2.45) is 0 Å². The Morgan fingerprint density at radius 3 is 0.875 bits per heavy atom. The minimum absolute atomic E-state index is 0.0567. The Kier molecular flexibility index (Phi) is 4.03. The second-order valence-electron chi connectivity index (χ2n) is 5.19. The normalized spacial score (nSPS) is 10.3. The van der Waals surface area contributed by atoms with Crippen LogP contribution in [0.4, 0.5) is 11.4 Å². The Balaban J connectivity index is 1.84. The largest absolute Gasteiger partial charge is 0.269 e. The highest BCUT2D eigenvalue weighted by atomic mass is 16.6. The highest BCUT2D eigenvalue weighted by Crippen LogP contribution is 2.27. The van der Waals surface area contributed by atoms with Gasteiger partial charge in [-0.2, -0.15) is 0 Å². The minimum Gasteiger partial charge on any atom is -0.258 e. The van der Waals surface area contributed by atoms with Crippen LogP contribution in [0.25, 0.3) is 22.3 Å². The van der Waals surface area contributed by atoms with Gasteiger partial charge in [-0.15, -0.1) is 0 Å². The zero-order valence-electron chi connectivity index (χ0n) is 12.5. The van der Waals surface area contributed by atoms with Crippen LogP contribution in [0.5, 0.6) is 0 Å². The average molecular weight is 320 g/mol. The van der Waals surface area contributed by atoms with Gasteiger partial charge in [0.2, 0.25) is 0 Å². The Hall–Kier alpha value is -3.54. The fraction of sp³-hybridized carbons (Fsp3) is 0. The first-order chi connectivity index (χ1) is 11.5. The van der Waals surface area contributed by atoms with Gasteiger partial charge in [0.25, 0.3) is 11.4 Å². The Morgan fingerprint density at radius 2 is 0.667 bits per heavy atom. The molecule has 0 bridgehead atoms. The highest BCUT2D eigenvalue weighted by Gasteiger charge is 2.07. The first-order valence-corrected chi connectivity index (χ1v) is 7.14. The van der Waals surface area contributed by atoms with Crippen molar-refractivity contribution in [2.75, 3.05) is 0 Å². The quantitative estimate of drug-likeness (QED) is 0.508. The van der Waals surface area contributed by atoms with E-state index in [9.17, 15) is 20.2 Å². The molecule has 0 aromatic heterocycles. The zero-order valence-corrected chi connectivity index (χ0v) is 12.5. The van der Waals surface area contributed by atoms with Gasteiger partial charge >= 0.3 is 0 Å². The summed E-state index contributed by atoms with van der Waals surface area (Å²) in [5.74, 6) is 0. The number of nitro benzene ring substituents is 2. The first-order valence-electron chi connectivity index (χ1n) is 7.14. The van der Waals surface area contributed by atoms with Gasteiger partial charge in [-0.05, 0) is 46.5 Å². The molecule has 0 spiro atoms. The molecular formula is C18H12N2O4. The molecule has 0 unspecified atom stereocenters. The summed E-state index contributed by atoms with van der Waals surface area (Å²) in [6.45, 7) is 0. The Morgan fingerprint density at radius 1 is 0.458 bits per heavy atom. The molecule has 0 saturated heterocycles. The summed E-state index contributed by atoms with van der Waals surface area (Å²) in [6.07, 6.45) is 0. The molecule has 0 radical (unpaired) electrons. The smallest absolute Gasteiger partial charge is 0.258 e. The molecule has 0 saturated carbocycles. The third-order valence-electron chi connectivity index (χ3n) is 3.71. The van der Waals surface area contributed by atoms with Crippen LogP contribution >= 0.6 is 0 Å². The maximum atomic E-state index is 10.7. The van der Waals surface area contributed by atoms with E-state index in [0.717, 1.165) is 22.3 Å². The molecule has 6 nitrogen and oxygen atoms in total. The molecule has 0 N–H and O–H groups in total. The molecule has 0 amide bonds. The molecule has 0 atom stereocenters. The van der Waals surface area contributed by atoms with Gasteiger partial charge in [0.05, 0.1) is 9.85 Å². The second-order valence-corrected chi connectivity index (χ2v) is 5.19. The molecule has 3 aromatic carbocycles. The van der Waals surface area contributed by atoms with Crippen molar-refractivity contribution in [3.05, 3.63) is 93.0 Å². The molecule has 0 heterocycles. The summed E-state index contributed by atoms with van der Waals surface area (Å²) in [6, 6.07) is 20.4. The Labute approximate surface area is 137 Å². The summed E-state index contributed by atoms with van der Waals surface area (Å²) >= 11 is 0. The molecule has 24 heavy (non-hydrogen) atoms. The van der Waals surface area contributed by atoms with Crippen molar-refractivity contribution < 1.29 is 9.85 Å². The molecule has 3 rings (SSSR count). The lowest BCUT2D eigenvalue weighted by Gasteiger charge is -2.05. The lowest BCUT2D eigenvalue weighted by Crippen LogP contribution is -1.88. The van der Waals surface area contributed by atoms with Crippen molar-refractivity contribution in [2.45, 2.75) is 0 Å².